The van der Waals surface area contributed by atoms with Gasteiger partial charge in [-0.3, -0.25) is 14.3 Å². The molecule has 0 unspecified atom stereocenters. The Hall–Kier alpha value is -1.85. The molecular formula is C11H16N2O4. The maximum atomic E-state index is 11.5. The van der Waals surface area contributed by atoms with Crippen LogP contribution in [0.5, 0.6) is 0 Å². The quantitative estimate of drug-likeness (QED) is 0.543. The van der Waals surface area contributed by atoms with Crippen molar-refractivity contribution < 1.29 is 19.1 Å². The van der Waals surface area contributed by atoms with Gasteiger partial charge in [-0.25, -0.2) is 0 Å². The third-order valence-corrected chi connectivity index (χ3v) is 2.09. The van der Waals surface area contributed by atoms with Crippen LogP contribution < -0.4 is 0 Å². The summed E-state index contributed by atoms with van der Waals surface area (Å²) in [7, 11) is 1.78. The van der Waals surface area contributed by atoms with Gasteiger partial charge in [-0.15, -0.1) is 0 Å². The van der Waals surface area contributed by atoms with E-state index >= 15 is 0 Å². The fraction of sp³-hybridized carbons (Fsp3) is 0.545. The van der Waals surface area contributed by atoms with Crippen LogP contribution in [0.15, 0.2) is 12.3 Å². The second-order valence-electron chi connectivity index (χ2n) is 4.29. The Morgan fingerprint density at radius 2 is 2.29 bits per heavy atom. The smallest absolute Gasteiger partial charge is 0.310 e. The van der Waals surface area contributed by atoms with Crippen molar-refractivity contribution in [1.29, 1.82) is 0 Å². The van der Waals surface area contributed by atoms with Crippen LogP contribution in [-0.2, 0) is 32.7 Å². The van der Waals surface area contributed by atoms with Gasteiger partial charge in [0.2, 0.25) is 0 Å². The summed E-state index contributed by atoms with van der Waals surface area (Å²) in [6, 6.07) is 1.76. The molecule has 0 aliphatic carbocycles. The molecule has 6 heteroatoms. The molecule has 0 atom stereocenters. The molecule has 0 amide bonds. The molecule has 0 aromatic carbocycles. The van der Waals surface area contributed by atoms with Crippen LogP contribution in [0, 0.1) is 0 Å². The Labute approximate surface area is 99.5 Å². The zero-order valence-electron chi connectivity index (χ0n) is 10.2. The Bertz CT molecular complexity index is 398. The molecule has 94 valence electrons. The molecule has 0 saturated heterocycles. The zero-order chi connectivity index (χ0) is 12.9. The number of esters is 1. The van der Waals surface area contributed by atoms with Crippen molar-refractivity contribution in [2.24, 2.45) is 7.05 Å². The zero-order valence-corrected chi connectivity index (χ0v) is 10.2. The average Bonchev–Trinajstić information content (AvgIpc) is 2.60. The SMILES string of the molecule is Cn1ccc(COC(=O)CC(C)(C)OC=O)n1. The first-order chi connectivity index (χ1) is 7.93. The summed E-state index contributed by atoms with van der Waals surface area (Å²) in [5, 5.41) is 4.07. The number of rotatable bonds is 6. The summed E-state index contributed by atoms with van der Waals surface area (Å²) in [5.41, 5.74) is -0.168. The minimum absolute atomic E-state index is 0.0125. The predicted octanol–water partition coefficient (Wildman–Crippen LogP) is 0.805. The number of hydrogen-bond donors (Lipinski definition) is 0. The third kappa shape index (κ3) is 4.67. The van der Waals surface area contributed by atoms with Crippen LogP contribution >= 0.6 is 0 Å². The molecule has 6 nitrogen and oxygen atoms in total. The van der Waals surface area contributed by atoms with Crippen LogP contribution in [0.4, 0.5) is 0 Å². The number of aryl methyl sites for hydroxylation is 1. The molecule has 1 aromatic rings. The standard InChI is InChI=1S/C11H16N2O4/c1-11(2,17-8-14)6-10(15)16-7-9-4-5-13(3)12-9/h4-5,8H,6-7H2,1-3H3. The average molecular weight is 240 g/mol. The van der Waals surface area contributed by atoms with Gasteiger partial charge in [0.1, 0.15) is 12.2 Å². The van der Waals surface area contributed by atoms with Crippen molar-refractivity contribution in [3.05, 3.63) is 18.0 Å². The number of nitrogens with zero attached hydrogens (tertiary/aromatic N) is 2. The van der Waals surface area contributed by atoms with Crippen molar-refractivity contribution in [3.63, 3.8) is 0 Å². The maximum Gasteiger partial charge on any atom is 0.310 e. The summed E-state index contributed by atoms with van der Waals surface area (Å²) in [6.45, 7) is 3.73. The molecule has 0 aliphatic heterocycles. The highest BCUT2D eigenvalue weighted by molar-refractivity contribution is 5.70. The number of aromatic nitrogens is 2. The summed E-state index contributed by atoms with van der Waals surface area (Å²) in [4.78, 5) is 21.7. The minimum Gasteiger partial charge on any atom is -0.461 e. The first-order valence-electron chi connectivity index (χ1n) is 5.18. The van der Waals surface area contributed by atoms with E-state index in [0.29, 0.717) is 12.2 Å². The molecule has 17 heavy (non-hydrogen) atoms. The van der Waals surface area contributed by atoms with Gasteiger partial charge in [0.25, 0.3) is 6.47 Å². The molecule has 0 radical (unpaired) electrons. The van der Waals surface area contributed by atoms with Gasteiger partial charge in [0.05, 0.1) is 12.1 Å². The van der Waals surface area contributed by atoms with E-state index < -0.39 is 11.6 Å². The Morgan fingerprint density at radius 1 is 1.59 bits per heavy atom. The van der Waals surface area contributed by atoms with E-state index in [2.05, 4.69) is 5.10 Å². The second-order valence-corrected chi connectivity index (χ2v) is 4.29. The van der Waals surface area contributed by atoms with Gasteiger partial charge in [-0.1, -0.05) is 0 Å². The van der Waals surface area contributed by atoms with Crippen LogP contribution in [0.1, 0.15) is 26.0 Å². The lowest BCUT2D eigenvalue weighted by atomic mass is 10.1. The summed E-state index contributed by atoms with van der Waals surface area (Å²) in [6.07, 6.45) is 1.78. The molecule has 1 aromatic heterocycles. The summed E-state index contributed by atoms with van der Waals surface area (Å²) in [5.74, 6) is -0.428. The third-order valence-electron chi connectivity index (χ3n) is 2.09. The maximum absolute atomic E-state index is 11.5. The van der Waals surface area contributed by atoms with Crippen molar-refractivity contribution >= 4 is 12.4 Å². The molecular weight excluding hydrogens is 224 g/mol. The molecule has 1 rings (SSSR count). The van der Waals surface area contributed by atoms with Crippen LogP contribution in [0.25, 0.3) is 0 Å². The van der Waals surface area contributed by atoms with Crippen molar-refractivity contribution in [1.82, 2.24) is 9.78 Å². The molecule has 0 spiro atoms. The number of carbonyl (C=O) groups is 2. The van der Waals surface area contributed by atoms with E-state index in [1.54, 1.807) is 37.8 Å². The van der Waals surface area contributed by atoms with Crippen LogP contribution in [-0.4, -0.2) is 27.8 Å². The van der Waals surface area contributed by atoms with Crippen molar-refractivity contribution in [3.8, 4) is 0 Å². The fourth-order valence-corrected chi connectivity index (χ4v) is 1.27. The number of ether oxygens (including phenoxy) is 2. The lowest BCUT2D eigenvalue weighted by molar-refractivity contribution is -0.155. The second kappa shape index (κ2) is 5.47. The minimum atomic E-state index is -0.844. The van der Waals surface area contributed by atoms with E-state index in [1.165, 1.54) is 0 Å². The highest BCUT2D eigenvalue weighted by Crippen LogP contribution is 2.14. The molecule has 0 bridgehead atoms. The van der Waals surface area contributed by atoms with Gasteiger partial charge >= 0.3 is 5.97 Å². The molecule has 0 N–H and O–H groups in total. The van der Waals surface area contributed by atoms with E-state index in [0.717, 1.165) is 0 Å². The summed E-state index contributed by atoms with van der Waals surface area (Å²) < 4.78 is 11.4. The van der Waals surface area contributed by atoms with Gasteiger partial charge in [-0.05, 0) is 19.9 Å². The predicted molar refractivity (Wildman–Crippen MR) is 58.8 cm³/mol. The largest absolute Gasteiger partial charge is 0.461 e. The fourth-order valence-electron chi connectivity index (χ4n) is 1.27. The molecule has 1 heterocycles. The molecule has 0 saturated carbocycles. The topological polar surface area (TPSA) is 70.4 Å². The van der Waals surface area contributed by atoms with E-state index in [-0.39, 0.29) is 13.0 Å². The van der Waals surface area contributed by atoms with Gasteiger partial charge < -0.3 is 9.47 Å². The summed E-state index contributed by atoms with van der Waals surface area (Å²) >= 11 is 0. The monoisotopic (exact) mass is 240 g/mol. The van der Waals surface area contributed by atoms with Crippen LogP contribution in [0.2, 0.25) is 0 Å². The number of hydrogen-bond acceptors (Lipinski definition) is 5. The molecule has 0 fully saturated rings. The van der Waals surface area contributed by atoms with E-state index in [9.17, 15) is 9.59 Å². The Balaban J connectivity index is 2.37. The van der Waals surface area contributed by atoms with Gasteiger partial charge in [0.15, 0.2) is 0 Å². The highest BCUT2D eigenvalue weighted by Gasteiger charge is 2.24. The van der Waals surface area contributed by atoms with Gasteiger partial charge in [-0.2, -0.15) is 5.10 Å². The normalized spacial score (nSPS) is 11.0. The lowest BCUT2D eigenvalue weighted by Gasteiger charge is -2.20. The first kappa shape index (κ1) is 13.2. The van der Waals surface area contributed by atoms with Crippen LogP contribution in [0.3, 0.4) is 0 Å². The first-order valence-corrected chi connectivity index (χ1v) is 5.18. The molecule has 0 aliphatic rings. The Morgan fingerprint density at radius 3 is 2.82 bits per heavy atom. The highest BCUT2D eigenvalue weighted by atomic mass is 16.6. The van der Waals surface area contributed by atoms with Crippen molar-refractivity contribution in [2.75, 3.05) is 0 Å². The van der Waals surface area contributed by atoms with Gasteiger partial charge in [0, 0.05) is 13.2 Å². The van der Waals surface area contributed by atoms with E-state index in [1.807, 2.05) is 0 Å². The lowest BCUT2D eigenvalue weighted by Crippen LogP contribution is -2.28. The van der Waals surface area contributed by atoms with Crippen molar-refractivity contribution in [2.45, 2.75) is 32.5 Å². The van der Waals surface area contributed by atoms with E-state index in [4.69, 9.17) is 9.47 Å². The Kier molecular flexibility index (Phi) is 4.25. The number of carbonyl (C=O) groups excluding carboxylic acids is 2.